The SMILES string of the molecule is CC1CCC(CCNC(=O)c2cc(Cl)ccc2NN)CC1. The number of halogens is 1. The molecule has 0 saturated heterocycles. The quantitative estimate of drug-likeness (QED) is 0.575. The number of nitrogens with two attached hydrogens (primary N) is 1. The van der Waals surface area contributed by atoms with Gasteiger partial charge in [-0.3, -0.25) is 10.6 Å². The van der Waals surface area contributed by atoms with Crippen molar-refractivity contribution in [3.63, 3.8) is 0 Å². The number of carbonyl (C=O) groups is 1. The molecule has 2 rings (SSSR count). The summed E-state index contributed by atoms with van der Waals surface area (Å²) in [6.45, 7) is 3.02. The van der Waals surface area contributed by atoms with Crippen molar-refractivity contribution >= 4 is 23.2 Å². The van der Waals surface area contributed by atoms with E-state index in [2.05, 4.69) is 17.7 Å². The lowest BCUT2D eigenvalue weighted by Gasteiger charge is -2.26. The molecule has 4 N–H and O–H groups in total. The van der Waals surface area contributed by atoms with Crippen LogP contribution in [-0.4, -0.2) is 12.5 Å². The van der Waals surface area contributed by atoms with Gasteiger partial charge in [0, 0.05) is 11.6 Å². The minimum absolute atomic E-state index is 0.130. The van der Waals surface area contributed by atoms with Crippen LogP contribution in [0.15, 0.2) is 18.2 Å². The third-order valence-corrected chi connectivity index (χ3v) is 4.59. The number of hydrogen-bond donors (Lipinski definition) is 3. The summed E-state index contributed by atoms with van der Waals surface area (Å²) in [7, 11) is 0. The Kier molecular flexibility index (Phi) is 5.88. The van der Waals surface area contributed by atoms with Crippen LogP contribution in [0.2, 0.25) is 5.02 Å². The average Bonchev–Trinajstić information content (AvgIpc) is 2.49. The topological polar surface area (TPSA) is 67.2 Å². The smallest absolute Gasteiger partial charge is 0.253 e. The molecule has 1 amide bonds. The molecule has 1 fully saturated rings. The van der Waals surface area contributed by atoms with E-state index in [1.807, 2.05) is 0 Å². The Balaban J connectivity index is 1.83. The molecular formula is C16H24ClN3O. The highest BCUT2D eigenvalue weighted by Crippen LogP contribution is 2.30. The van der Waals surface area contributed by atoms with Crippen LogP contribution in [0.1, 0.15) is 49.4 Å². The monoisotopic (exact) mass is 309 g/mol. The van der Waals surface area contributed by atoms with Gasteiger partial charge in [-0.1, -0.05) is 44.2 Å². The highest BCUT2D eigenvalue weighted by molar-refractivity contribution is 6.31. The average molecular weight is 310 g/mol. The molecule has 1 saturated carbocycles. The number of hydrazine groups is 1. The predicted molar refractivity (Wildman–Crippen MR) is 87.3 cm³/mol. The first-order chi connectivity index (χ1) is 10.1. The summed E-state index contributed by atoms with van der Waals surface area (Å²) in [5.41, 5.74) is 3.60. The third-order valence-electron chi connectivity index (χ3n) is 4.36. The van der Waals surface area contributed by atoms with Gasteiger partial charge in [-0.25, -0.2) is 0 Å². The van der Waals surface area contributed by atoms with Crippen LogP contribution >= 0.6 is 11.6 Å². The lowest BCUT2D eigenvalue weighted by atomic mass is 9.81. The molecule has 0 aliphatic heterocycles. The van der Waals surface area contributed by atoms with Crippen molar-refractivity contribution in [2.75, 3.05) is 12.0 Å². The molecule has 0 aromatic heterocycles. The van der Waals surface area contributed by atoms with E-state index in [1.54, 1.807) is 18.2 Å². The number of benzene rings is 1. The second kappa shape index (κ2) is 7.66. The maximum absolute atomic E-state index is 12.2. The first-order valence-corrected chi connectivity index (χ1v) is 8.02. The number of rotatable bonds is 5. The van der Waals surface area contributed by atoms with Crippen molar-refractivity contribution < 1.29 is 4.79 Å². The molecule has 0 heterocycles. The molecule has 0 spiro atoms. The fraction of sp³-hybridized carbons (Fsp3) is 0.562. The van der Waals surface area contributed by atoms with Crippen LogP contribution in [0.3, 0.4) is 0 Å². The van der Waals surface area contributed by atoms with Crippen molar-refractivity contribution in [1.29, 1.82) is 0 Å². The van der Waals surface area contributed by atoms with E-state index in [0.29, 0.717) is 22.8 Å². The predicted octanol–water partition coefficient (Wildman–Crippen LogP) is 3.57. The van der Waals surface area contributed by atoms with Crippen molar-refractivity contribution in [3.8, 4) is 0 Å². The van der Waals surface area contributed by atoms with Crippen LogP contribution in [0.4, 0.5) is 5.69 Å². The number of nitrogens with one attached hydrogen (secondary N) is 2. The number of nitrogen functional groups attached to an aromatic ring is 1. The lowest BCUT2D eigenvalue weighted by molar-refractivity contribution is 0.0950. The van der Waals surface area contributed by atoms with Gasteiger partial charge in [0.2, 0.25) is 0 Å². The van der Waals surface area contributed by atoms with Crippen LogP contribution in [-0.2, 0) is 0 Å². The van der Waals surface area contributed by atoms with Gasteiger partial charge in [0.1, 0.15) is 0 Å². The summed E-state index contributed by atoms with van der Waals surface area (Å²) in [5, 5.41) is 3.49. The van der Waals surface area contributed by atoms with Gasteiger partial charge in [-0.15, -0.1) is 0 Å². The van der Waals surface area contributed by atoms with E-state index in [0.717, 1.165) is 18.3 Å². The van der Waals surface area contributed by atoms with Crippen LogP contribution < -0.4 is 16.6 Å². The van der Waals surface area contributed by atoms with Gasteiger partial charge >= 0.3 is 0 Å². The summed E-state index contributed by atoms with van der Waals surface area (Å²) in [6, 6.07) is 5.05. The molecule has 1 aromatic carbocycles. The minimum Gasteiger partial charge on any atom is -0.352 e. The van der Waals surface area contributed by atoms with Gasteiger partial charge < -0.3 is 10.7 Å². The van der Waals surface area contributed by atoms with Crippen LogP contribution in [0.5, 0.6) is 0 Å². The zero-order chi connectivity index (χ0) is 15.2. The second-order valence-electron chi connectivity index (χ2n) is 6.00. The normalized spacial score (nSPS) is 21.9. The summed E-state index contributed by atoms with van der Waals surface area (Å²) < 4.78 is 0. The van der Waals surface area contributed by atoms with Gasteiger partial charge in [-0.2, -0.15) is 0 Å². The molecule has 0 atom stereocenters. The molecule has 5 heteroatoms. The summed E-state index contributed by atoms with van der Waals surface area (Å²) >= 11 is 5.94. The molecular weight excluding hydrogens is 286 g/mol. The first kappa shape index (κ1) is 16.1. The Morgan fingerprint density at radius 1 is 1.33 bits per heavy atom. The van der Waals surface area contributed by atoms with E-state index in [-0.39, 0.29) is 5.91 Å². The molecule has 1 aromatic rings. The fourth-order valence-corrected chi connectivity index (χ4v) is 3.11. The van der Waals surface area contributed by atoms with Crippen molar-refractivity contribution in [1.82, 2.24) is 5.32 Å². The van der Waals surface area contributed by atoms with Crippen molar-refractivity contribution in [3.05, 3.63) is 28.8 Å². The van der Waals surface area contributed by atoms with E-state index in [9.17, 15) is 4.79 Å². The fourth-order valence-electron chi connectivity index (χ4n) is 2.93. The van der Waals surface area contributed by atoms with Gasteiger partial charge in [0.05, 0.1) is 11.3 Å². The van der Waals surface area contributed by atoms with E-state index in [1.165, 1.54) is 25.7 Å². The first-order valence-electron chi connectivity index (χ1n) is 7.64. The molecule has 0 radical (unpaired) electrons. The van der Waals surface area contributed by atoms with Gasteiger partial charge in [-0.05, 0) is 36.5 Å². The molecule has 4 nitrogen and oxygen atoms in total. The van der Waals surface area contributed by atoms with Crippen molar-refractivity contribution in [2.24, 2.45) is 17.7 Å². The Morgan fingerprint density at radius 2 is 2.05 bits per heavy atom. The van der Waals surface area contributed by atoms with E-state index in [4.69, 9.17) is 17.4 Å². The minimum atomic E-state index is -0.130. The number of anilines is 1. The number of amides is 1. The Labute approximate surface area is 131 Å². The summed E-state index contributed by atoms with van der Waals surface area (Å²) in [4.78, 5) is 12.2. The highest BCUT2D eigenvalue weighted by Gasteiger charge is 2.18. The third kappa shape index (κ3) is 4.61. The Hall–Kier alpha value is -1.26. The largest absolute Gasteiger partial charge is 0.352 e. The van der Waals surface area contributed by atoms with Gasteiger partial charge in [0.15, 0.2) is 0 Å². The molecule has 0 bridgehead atoms. The summed E-state index contributed by atoms with van der Waals surface area (Å²) in [6.07, 6.45) is 6.24. The molecule has 116 valence electrons. The van der Waals surface area contributed by atoms with Gasteiger partial charge in [0.25, 0.3) is 5.91 Å². The second-order valence-corrected chi connectivity index (χ2v) is 6.44. The summed E-state index contributed by atoms with van der Waals surface area (Å²) in [5.74, 6) is 6.90. The maximum atomic E-state index is 12.2. The zero-order valence-corrected chi connectivity index (χ0v) is 13.2. The van der Waals surface area contributed by atoms with Crippen LogP contribution in [0.25, 0.3) is 0 Å². The van der Waals surface area contributed by atoms with Crippen LogP contribution in [0, 0.1) is 11.8 Å². The number of hydrogen-bond acceptors (Lipinski definition) is 3. The van der Waals surface area contributed by atoms with E-state index >= 15 is 0 Å². The lowest BCUT2D eigenvalue weighted by Crippen LogP contribution is -2.28. The highest BCUT2D eigenvalue weighted by atomic mass is 35.5. The maximum Gasteiger partial charge on any atom is 0.253 e. The molecule has 21 heavy (non-hydrogen) atoms. The molecule has 0 unspecified atom stereocenters. The van der Waals surface area contributed by atoms with E-state index < -0.39 is 0 Å². The molecule has 1 aliphatic rings. The Bertz CT molecular complexity index is 484. The zero-order valence-electron chi connectivity index (χ0n) is 12.5. The molecule has 1 aliphatic carbocycles. The number of carbonyl (C=O) groups excluding carboxylic acids is 1. The Morgan fingerprint density at radius 3 is 2.71 bits per heavy atom. The standard InChI is InChI=1S/C16H24ClN3O/c1-11-2-4-12(5-3-11)8-9-19-16(21)14-10-13(17)6-7-15(14)20-18/h6-7,10-12,20H,2-5,8-9,18H2,1H3,(H,19,21). The van der Waals surface area contributed by atoms with Crippen molar-refractivity contribution in [2.45, 2.75) is 39.0 Å².